The third-order valence-electron chi connectivity index (χ3n) is 2.22. The zero-order valence-corrected chi connectivity index (χ0v) is 8.87. The number of nitrogens with zero attached hydrogens (tertiary/aromatic N) is 1. The Morgan fingerprint density at radius 3 is 2.64 bits per heavy atom. The maximum Gasteiger partial charge on any atom is 0.272 e. The zero-order chi connectivity index (χ0) is 10.3. The van der Waals surface area contributed by atoms with Crippen LogP contribution in [-0.2, 0) is 6.42 Å². The standard InChI is InChI=1S/C10H7BrNO2/c1-2-6-4-3-5-7-8(6)10(14)12(11)9(7)13/h3-5H,1-2H2. The number of hydrogen-bond acceptors (Lipinski definition) is 2. The van der Waals surface area contributed by atoms with Gasteiger partial charge in [-0.15, -0.1) is 0 Å². The largest absolute Gasteiger partial charge is 0.272 e. The molecule has 1 aliphatic heterocycles. The average Bonchev–Trinajstić information content (AvgIpc) is 2.44. The summed E-state index contributed by atoms with van der Waals surface area (Å²) >= 11 is 2.93. The van der Waals surface area contributed by atoms with Crippen molar-refractivity contribution in [2.75, 3.05) is 0 Å². The van der Waals surface area contributed by atoms with Gasteiger partial charge < -0.3 is 0 Å². The van der Waals surface area contributed by atoms with Crippen molar-refractivity contribution in [1.29, 1.82) is 0 Å². The summed E-state index contributed by atoms with van der Waals surface area (Å²) in [6.45, 7) is 3.72. The van der Waals surface area contributed by atoms with Crippen LogP contribution in [0.2, 0.25) is 0 Å². The van der Waals surface area contributed by atoms with Crippen LogP contribution in [0.4, 0.5) is 0 Å². The number of benzene rings is 1. The van der Waals surface area contributed by atoms with Crippen molar-refractivity contribution in [3.63, 3.8) is 0 Å². The third kappa shape index (κ3) is 1.10. The van der Waals surface area contributed by atoms with Crippen LogP contribution in [0.25, 0.3) is 0 Å². The van der Waals surface area contributed by atoms with Crippen LogP contribution in [0, 0.1) is 6.92 Å². The smallest absolute Gasteiger partial charge is 0.268 e. The minimum atomic E-state index is -0.305. The Morgan fingerprint density at radius 1 is 1.29 bits per heavy atom. The van der Waals surface area contributed by atoms with E-state index < -0.39 is 0 Å². The summed E-state index contributed by atoms with van der Waals surface area (Å²) in [7, 11) is 0. The predicted octanol–water partition coefficient (Wildman–Crippen LogP) is 1.97. The molecule has 1 aromatic rings. The molecule has 4 heteroatoms. The number of carbonyl (C=O) groups is 2. The van der Waals surface area contributed by atoms with E-state index in [1.165, 1.54) is 0 Å². The highest BCUT2D eigenvalue weighted by Gasteiger charge is 2.35. The van der Waals surface area contributed by atoms with Crippen molar-refractivity contribution in [3.8, 4) is 0 Å². The lowest BCUT2D eigenvalue weighted by atomic mass is 10.0. The van der Waals surface area contributed by atoms with Crippen LogP contribution in [0.15, 0.2) is 18.2 Å². The summed E-state index contributed by atoms with van der Waals surface area (Å²) in [5, 5.41) is 0. The molecule has 2 amide bonds. The van der Waals surface area contributed by atoms with Crippen molar-refractivity contribution in [3.05, 3.63) is 41.8 Å². The van der Waals surface area contributed by atoms with Crippen LogP contribution in [-0.4, -0.2) is 15.7 Å². The SMILES string of the molecule is [CH2]Cc1cccc2c1C(=O)N(Br)C2=O. The second kappa shape index (κ2) is 3.20. The number of carbonyl (C=O) groups excluding carboxylic acids is 2. The van der Waals surface area contributed by atoms with Crippen LogP contribution < -0.4 is 0 Å². The molecule has 3 nitrogen and oxygen atoms in total. The first-order valence-corrected chi connectivity index (χ1v) is 4.83. The molecule has 1 aromatic carbocycles. The maximum atomic E-state index is 11.6. The fraction of sp³-hybridized carbons (Fsp3) is 0.100. The first-order chi connectivity index (χ1) is 6.66. The summed E-state index contributed by atoms with van der Waals surface area (Å²) in [6.07, 6.45) is 0.503. The van der Waals surface area contributed by atoms with Gasteiger partial charge in [-0.05, 0) is 25.0 Å². The molecule has 0 fully saturated rings. The highest BCUT2D eigenvalue weighted by Crippen LogP contribution is 2.28. The molecular formula is C10H7BrNO2. The molecule has 0 unspecified atom stereocenters. The number of amides is 2. The maximum absolute atomic E-state index is 11.6. The van der Waals surface area contributed by atoms with Gasteiger partial charge >= 0.3 is 0 Å². The first-order valence-electron chi connectivity index (χ1n) is 4.12. The van der Waals surface area contributed by atoms with Crippen LogP contribution in [0.1, 0.15) is 26.3 Å². The minimum absolute atomic E-state index is 0.302. The van der Waals surface area contributed by atoms with Crippen LogP contribution in [0.5, 0.6) is 0 Å². The predicted molar refractivity (Wildman–Crippen MR) is 54.9 cm³/mol. The van der Waals surface area contributed by atoms with E-state index in [-0.39, 0.29) is 11.8 Å². The minimum Gasteiger partial charge on any atom is -0.268 e. The lowest BCUT2D eigenvalue weighted by molar-refractivity contribution is 0.0785. The summed E-state index contributed by atoms with van der Waals surface area (Å²) in [4.78, 5) is 23.1. The number of halogens is 1. The molecule has 0 bridgehead atoms. The fourth-order valence-corrected chi connectivity index (χ4v) is 1.90. The van der Waals surface area contributed by atoms with Crippen LogP contribution in [0.3, 0.4) is 0 Å². The van der Waals surface area contributed by atoms with Gasteiger partial charge in [-0.2, -0.15) is 0 Å². The second-order valence-corrected chi connectivity index (χ2v) is 3.69. The normalized spacial score (nSPS) is 14.9. The zero-order valence-electron chi connectivity index (χ0n) is 7.29. The van der Waals surface area contributed by atoms with E-state index in [0.717, 1.165) is 9.49 Å². The third-order valence-corrected chi connectivity index (χ3v) is 2.87. The summed E-state index contributed by atoms with van der Waals surface area (Å²) in [5.41, 5.74) is 1.74. The van der Waals surface area contributed by atoms with E-state index in [1.807, 2.05) is 6.07 Å². The van der Waals surface area contributed by atoms with Crippen molar-refractivity contribution in [2.24, 2.45) is 0 Å². The Morgan fingerprint density at radius 2 is 2.00 bits per heavy atom. The van der Waals surface area contributed by atoms with Crippen molar-refractivity contribution >= 4 is 28.0 Å². The van der Waals surface area contributed by atoms with E-state index in [1.54, 1.807) is 12.1 Å². The van der Waals surface area contributed by atoms with E-state index in [4.69, 9.17) is 0 Å². The number of fused-ring (bicyclic) bond motifs is 1. The summed E-state index contributed by atoms with van der Waals surface area (Å²) in [5.74, 6) is -0.607. The van der Waals surface area contributed by atoms with Gasteiger partial charge in [0.1, 0.15) is 0 Å². The van der Waals surface area contributed by atoms with Gasteiger partial charge in [0.25, 0.3) is 11.8 Å². The molecule has 0 N–H and O–H groups in total. The van der Waals surface area contributed by atoms with Crippen molar-refractivity contribution in [2.45, 2.75) is 6.42 Å². The second-order valence-electron chi connectivity index (χ2n) is 2.98. The van der Waals surface area contributed by atoms with Gasteiger partial charge in [0, 0.05) is 0 Å². The lowest BCUT2D eigenvalue weighted by Gasteiger charge is -2.02. The van der Waals surface area contributed by atoms with E-state index in [0.29, 0.717) is 17.5 Å². The molecule has 0 saturated heterocycles. The molecule has 1 aliphatic rings. The molecular weight excluding hydrogens is 246 g/mol. The Hall–Kier alpha value is -1.16. The molecule has 2 rings (SSSR count). The Bertz CT molecular complexity index is 428. The Balaban J connectivity index is 2.69. The molecule has 0 aliphatic carbocycles. The van der Waals surface area contributed by atoms with Crippen LogP contribution >= 0.6 is 16.1 Å². The topological polar surface area (TPSA) is 37.4 Å². The Labute approximate surface area is 90.0 Å². The van der Waals surface area contributed by atoms with Gasteiger partial charge in [-0.3, -0.25) is 9.59 Å². The molecule has 0 aromatic heterocycles. The summed E-state index contributed by atoms with van der Waals surface area (Å²) in [6, 6.07) is 5.22. The van der Waals surface area contributed by atoms with E-state index >= 15 is 0 Å². The average molecular weight is 253 g/mol. The van der Waals surface area contributed by atoms with Crippen molar-refractivity contribution in [1.82, 2.24) is 3.93 Å². The molecule has 1 heterocycles. The molecule has 0 atom stereocenters. The monoisotopic (exact) mass is 252 g/mol. The molecule has 14 heavy (non-hydrogen) atoms. The highest BCUT2D eigenvalue weighted by molar-refractivity contribution is 9.08. The Kier molecular flexibility index (Phi) is 2.15. The molecule has 71 valence electrons. The van der Waals surface area contributed by atoms with Crippen molar-refractivity contribution < 1.29 is 9.59 Å². The fourth-order valence-electron chi connectivity index (χ4n) is 1.54. The van der Waals surface area contributed by atoms with E-state index in [9.17, 15) is 9.59 Å². The molecule has 0 spiro atoms. The van der Waals surface area contributed by atoms with Gasteiger partial charge in [0.2, 0.25) is 0 Å². The van der Waals surface area contributed by atoms with E-state index in [2.05, 4.69) is 23.1 Å². The van der Waals surface area contributed by atoms with Gasteiger partial charge in [-0.1, -0.05) is 12.1 Å². The number of hydrogen-bond donors (Lipinski definition) is 0. The first kappa shape index (κ1) is 9.40. The van der Waals surface area contributed by atoms with Gasteiger partial charge in [0.15, 0.2) is 0 Å². The highest BCUT2D eigenvalue weighted by atomic mass is 79.9. The number of rotatable bonds is 1. The van der Waals surface area contributed by atoms with Gasteiger partial charge in [-0.25, -0.2) is 3.93 Å². The molecule has 1 radical (unpaired) electrons. The number of imide groups is 1. The lowest BCUT2D eigenvalue weighted by Crippen LogP contribution is -2.17. The summed E-state index contributed by atoms with van der Waals surface area (Å²) < 4.78 is 0.955. The quantitative estimate of drug-likeness (QED) is 0.566. The molecule has 0 saturated carbocycles. The van der Waals surface area contributed by atoms with Gasteiger partial charge in [0.05, 0.1) is 27.3 Å².